The number of hydrogen-bond acceptors (Lipinski definition) is 3. The van der Waals surface area contributed by atoms with Gasteiger partial charge in [0.25, 0.3) is 5.91 Å². The Balaban J connectivity index is 2.37. The molecule has 1 N–H and O–H groups in total. The molecule has 0 aromatic heterocycles. The van der Waals surface area contributed by atoms with E-state index in [-0.39, 0.29) is 10.8 Å². The summed E-state index contributed by atoms with van der Waals surface area (Å²) in [7, 11) is -3.34. The van der Waals surface area contributed by atoms with Gasteiger partial charge in [-0.15, -0.1) is 0 Å². The molecule has 6 heteroatoms. The minimum absolute atomic E-state index is 0.141. The standard InChI is InChI=1S/C16H16INO3S/c1-10-4-6-13(22(3,20)21)9-14(10)16(19)18-15-7-5-12(17)8-11(15)2/h4-9H,1-3H3,(H,18,19). The molecule has 0 atom stereocenters. The summed E-state index contributed by atoms with van der Waals surface area (Å²) in [6.07, 6.45) is 1.13. The minimum Gasteiger partial charge on any atom is -0.322 e. The fourth-order valence-corrected chi connectivity index (χ4v) is 3.33. The molecule has 2 aromatic rings. The number of halogens is 1. The Hall–Kier alpha value is -1.41. The Morgan fingerprint density at radius 3 is 2.32 bits per heavy atom. The topological polar surface area (TPSA) is 63.2 Å². The molecular formula is C16H16INO3S. The van der Waals surface area contributed by atoms with Crippen LogP contribution in [0.2, 0.25) is 0 Å². The molecule has 0 unspecified atom stereocenters. The summed E-state index contributed by atoms with van der Waals surface area (Å²) in [5.74, 6) is -0.313. The molecule has 0 spiro atoms. The second kappa shape index (κ2) is 6.37. The lowest BCUT2D eigenvalue weighted by molar-refractivity contribution is 0.102. The molecule has 1 amide bonds. The van der Waals surface area contributed by atoms with Crippen molar-refractivity contribution in [2.75, 3.05) is 11.6 Å². The predicted octanol–water partition coefficient (Wildman–Crippen LogP) is 3.56. The average Bonchev–Trinajstić information content (AvgIpc) is 2.41. The Morgan fingerprint density at radius 1 is 1.05 bits per heavy atom. The predicted molar refractivity (Wildman–Crippen MR) is 96.1 cm³/mol. The summed E-state index contributed by atoms with van der Waals surface area (Å²) >= 11 is 2.21. The van der Waals surface area contributed by atoms with Gasteiger partial charge in [-0.05, 0) is 77.9 Å². The summed E-state index contributed by atoms with van der Waals surface area (Å²) in [6.45, 7) is 3.69. The van der Waals surface area contributed by atoms with Crippen LogP contribution in [0.1, 0.15) is 21.5 Å². The molecule has 2 aromatic carbocycles. The van der Waals surface area contributed by atoms with Crippen LogP contribution in [0, 0.1) is 17.4 Å². The second-order valence-corrected chi connectivity index (χ2v) is 8.42. The third-order valence-corrected chi connectivity index (χ3v) is 5.10. The lowest BCUT2D eigenvalue weighted by Crippen LogP contribution is -2.15. The number of hydrogen-bond donors (Lipinski definition) is 1. The van der Waals surface area contributed by atoms with Gasteiger partial charge < -0.3 is 5.32 Å². The number of benzene rings is 2. The van der Waals surface area contributed by atoms with Gasteiger partial charge in [0.1, 0.15) is 0 Å². The zero-order valence-electron chi connectivity index (χ0n) is 12.5. The summed E-state index contributed by atoms with van der Waals surface area (Å²) in [6, 6.07) is 10.3. The van der Waals surface area contributed by atoms with Gasteiger partial charge in [-0.3, -0.25) is 4.79 Å². The number of carbonyl (C=O) groups excluding carboxylic acids is 1. The molecule has 22 heavy (non-hydrogen) atoms. The van der Waals surface area contributed by atoms with E-state index in [0.717, 1.165) is 26.6 Å². The van der Waals surface area contributed by atoms with E-state index in [1.165, 1.54) is 12.1 Å². The summed E-state index contributed by atoms with van der Waals surface area (Å²) < 4.78 is 24.4. The van der Waals surface area contributed by atoms with Gasteiger partial charge in [0.2, 0.25) is 0 Å². The lowest BCUT2D eigenvalue weighted by Gasteiger charge is -2.11. The number of carbonyl (C=O) groups is 1. The molecular weight excluding hydrogens is 413 g/mol. The van der Waals surface area contributed by atoms with Crippen LogP contribution in [-0.4, -0.2) is 20.6 Å². The Bertz CT molecular complexity index is 844. The number of aryl methyl sites for hydroxylation is 2. The zero-order chi connectivity index (χ0) is 16.5. The van der Waals surface area contributed by atoms with E-state index in [4.69, 9.17) is 0 Å². The van der Waals surface area contributed by atoms with Gasteiger partial charge in [0, 0.05) is 21.1 Å². The largest absolute Gasteiger partial charge is 0.322 e. The van der Waals surface area contributed by atoms with Crippen LogP contribution in [0.25, 0.3) is 0 Å². The molecule has 0 radical (unpaired) electrons. The summed E-state index contributed by atoms with van der Waals surface area (Å²) in [4.78, 5) is 12.6. The van der Waals surface area contributed by atoms with Crippen LogP contribution < -0.4 is 5.32 Å². The van der Waals surface area contributed by atoms with E-state index < -0.39 is 9.84 Å². The van der Waals surface area contributed by atoms with Gasteiger partial charge in [0.15, 0.2) is 9.84 Å². The van der Waals surface area contributed by atoms with Crippen molar-refractivity contribution in [3.05, 3.63) is 56.7 Å². The maximum absolute atomic E-state index is 12.4. The Labute approximate surface area is 144 Å². The maximum Gasteiger partial charge on any atom is 0.255 e. The summed E-state index contributed by atoms with van der Waals surface area (Å²) in [5.41, 5.74) is 2.76. The van der Waals surface area contributed by atoms with Crippen LogP contribution in [-0.2, 0) is 9.84 Å². The van der Waals surface area contributed by atoms with E-state index in [9.17, 15) is 13.2 Å². The van der Waals surface area contributed by atoms with Gasteiger partial charge in [-0.2, -0.15) is 0 Å². The normalized spacial score (nSPS) is 11.3. The number of sulfone groups is 1. The van der Waals surface area contributed by atoms with Crippen LogP contribution >= 0.6 is 22.6 Å². The first-order valence-electron chi connectivity index (χ1n) is 6.56. The lowest BCUT2D eigenvalue weighted by atomic mass is 10.1. The van der Waals surface area contributed by atoms with E-state index in [0.29, 0.717) is 5.56 Å². The van der Waals surface area contributed by atoms with Crippen molar-refractivity contribution < 1.29 is 13.2 Å². The van der Waals surface area contributed by atoms with Crippen molar-refractivity contribution in [1.29, 1.82) is 0 Å². The Morgan fingerprint density at radius 2 is 1.73 bits per heavy atom. The molecule has 0 fully saturated rings. The average molecular weight is 429 g/mol. The fourth-order valence-electron chi connectivity index (χ4n) is 2.03. The maximum atomic E-state index is 12.4. The highest BCUT2D eigenvalue weighted by atomic mass is 127. The molecule has 0 aliphatic rings. The molecule has 116 valence electrons. The molecule has 0 aliphatic heterocycles. The van der Waals surface area contributed by atoms with Crippen LogP contribution in [0.4, 0.5) is 5.69 Å². The molecule has 0 heterocycles. The number of rotatable bonds is 3. The molecule has 0 bridgehead atoms. The third kappa shape index (κ3) is 3.86. The van der Waals surface area contributed by atoms with Crippen molar-refractivity contribution in [3.63, 3.8) is 0 Å². The van der Waals surface area contributed by atoms with Crippen LogP contribution in [0.5, 0.6) is 0 Å². The molecule has 0 saturated heterocycles. The van der Waals surface area contributed by atoms with Crippen molar-refractivity contribution >= 4 is 44.0 Å². The van der Waals surface area contributed by atoms with Gasteiger partial charge in [-0.1, -0.05) is 6.07 Å². The smallest absolute Gasteiger partial charge is 0.255 e. The SMILES string of the molecule is Cc1cc(I)ccc1NC(=O)c1cc(S(C)(=O)=O)ccc1C. The number of anilines is 1. The highest BCUT2D eigenvalue weighted by Crippen LogP contribution is 2.21. The minimum atomic E-state index is -3.34. The highest BCUT2D eigenvalue weighted by molar-refractivity contribution is 14.1. The van der Waals surface area contributed by atoms with E-state index in [1.54, 1.807) is 13.0 Å². The second-order valence-electron chi connectivity index (χ2n) is 5.16. The molecule has 4 nitrogen and oxygen atoms in total. The first-order chi connectivity index (χ1) is 10.2. The molecule has 2 rings (SSSR count). The van der Waals surface area contributed by atoms with Gasteiger partial charge in [0.05, 0.1) is 4.90 Å². The number of nitrogens with one attached hydrogen (secondary N) is 1. The van der Waals surface area contributed by atoms with Crippen LogP contribution in [0.15, 0.2) is 41.3 Å². The quantitative estimate of drug-likeness (QED) is 0.760. The monoisotopic (exact) mass is 429 g/mol. The highest BCUT2D eigenvalue weighted by Gasteiger charge is 2.15. The first-order valence-corrected chi connectivity index (χ1v) is 9.54. The Kier molecular flexibility index (Phi) is 4.91. The van der Waals surface area contributed by atoms with Crippen LogP contribution in [0.3, 0.4) is 0 Å². The third-order valence-electron chi connectivity index (χ3n) is 3.32. The summed E-state index contributed by atoms with van der Waals surface area (Å²) in [5, 5.41) is 2.84. The van der Waals surface area contributed by atoms with E-state index >= 15 is 0 Å². The zero-order valence-corrected chi connectivity index (χ0v) is 15.4. The molecule has 0 aliphatic carbocycles. The van der Waals surface area contributed by atoms with Crippen molar-refractivity contribution in [2.24, 2.45) is 0 Å². The fraction of sp³-hybridized carbons (Fsp3) is 0.188. The first kappa shape index (κ1) is 17.0. The van der Waals surface area contributed by atoms with Crippen molar-refractivity contribution in [3.8, 4) is 0 Å². The van der Waals surface area contributed by atoms with E-state index in [2.05, 4.69) is 27.9 Å². The number of amides is 1. The molecule has 0 saturated carbocycles. The van der Waals surface area contributed by atoms with Crippen molar-refractivity contribution in [1.82, 2.24) is 0 Å². The van der Waals surface area contributed by atoms with Crippen molar-refractivity contribution in [2.45, 2.75) is 18.7 Å². The van der Waals surface area contributed by atoms with E-state index in [1.807, 2.05) is 25.1 Å². The van der Waals surface area contributed by atoms with Gasteiger partial charge >= 0.3 is 0 Å². The van der Waals surface area contributed by atoms with Gasteiger partial charge in [-0.25, -0.2) is 8.42 Å².